The first-order valence-electron chi connectivity index (χ1n) is 10.3. The van der Waals surface area contributed by atoms with Crippen LogP contribution in [0.1, 0.15) is 61.9 Å². The molecule has 2 fully saturated rings. The predicted molar refractivity (Wildman–Crippen MR) is 108 cm³/mol. The van der Waals surface area contributed by atoms with Gasteiger partial charge in [-0.2, -0.15) is 0 Å². The molecule has 2 saturated heterocycles. The Balaban J connectivity index is 1.53. The molecule has 27 heavy (non-hydrogen) atoms. The van der Waals surface area contributed by atoms with Gasteiger partial charge in [0, 0.05) is 18.7 Å². The van der Waals surface area contributed by atoms with Crippen molar-refractivity contribution in [1.82, 2.24) is 16.0 Å². The summed E-state index contributed by atoms with van der Waals surface area (Å²) in [4.78, 5) is 16.8. The smallest absolute Gasteiger partial charge is 0.251 e. The summed E-state index contributed by atoms with van der Waals surface area (Å²) in [7, 11) is 0. The van der Waals surface area contributed by atoms with Crippen LogP contribution in [-0.2, 0) is 11.3 Å². The van der Waals surface area contributed by atoms with Crippen LogP contribution in [0.4, 0.5) is 0 Å². The first-order valence-corrected chi connectivity index (χ1v) is 10.3. The Bertz CT molecular complexity index is 644. The van der Waals surface area contributed by atoms with Gasteiger partial charge in [-0.25, -0.2) is 4.99 Å². The molecule has 2 aliphatic heterocycles. The molecule has 3 unspecified atom stereocenters. The number of nitrogens with zero attached hydrogens (tertiary/aromatic N) is 1. The summed E-state index contributed by atoms with van der Waals surface area (Å²) in [5, 5.41) is 9.78. The van der Waals surface area contributed by atoms with Crippen molar-refractivity contribution in [2.75, 3.05) is 13.1 Å². The molecule has 3 N–H and O–H groups in total. The van der Waals surface area contributed by atoms with Crippen LogP contribution >= 0.6 is 0 Å². The molecule has 0 aliphatic carbocycles. The topological polar surface area (TPSA) is 74.8 Å². The van der Waals surface area contributed by atoms with Crippen molar-refractivity contribution >= 4 is 11.9 Å². The largest absolute Gasteiger partial charge is 0.373 e. The molecule has 3 rings (SSSR count). The Morgan fingerprint density at radius 2 is 2.00 bits per heavy atom. The summed E-state index contributed by atoms with van der Waals surface area (Å²) in [5.41, 5.74) is 1.78. The van der Waals surface area contributed by atoms with Gasteiger partial charge in [-0.15, -0.1) is 0 Å². The molecular formula is C21H32N4O2. The maximum absolute atomic E-state index is 12.1. The quantitative estimate of drug-likeness (QED) is 0.372. The van der Waals surface area contributed by atoms with Crippen molar-refractivity contribution in [2.45, 2.75) is 70.7 Å². The molecule has 2 aliphatic rings. The van der Waals surface area contributed by atoms with Crippen molar-refractivity contribution in [2.24, 2.45) is 4.99 Å². The highest BCUT2D eigenvalue weighted by molar-refractivity contribution is 5.94. The van der Waals surface area contributed by atoms with Gasteiger partial charge >= 0.3 is 0 Å². The molecule has 1 amide bonds. The van der Waals surface area contributed by atoms with Gasteiger partial charge in [-0.3, -0.25) is 4.79 Å². The highest BCUT2D eigenvalue weighted by Crippen LogP contribution is 2.34. The van der Waals surface area contributed by atoms with E-state index in [1.165, 1.54) is 6.42 Å². The third-order valence-corrected chi connectivity index (χ3v) is 5.22. The first-order chi connectivity index (χ1) is 13.2. The summed E-state index contributed by atoms with van der Waals surface area (Å²) < 4.78 is 5.91. The van der Waals surface area contributed by atoms with Crippen molar-refractivity contribution in [3.05, 3.63) is 35.4 Å². The third kappa shape index (κ3) is 5.45. The summed E-state index contributed by atoms with van der Waals surface area (Å²) in [5.74, 6) is 0.824. The number of unbranched alkanes of at least 4 members (excludes halogenated alkanes) is 1. The minimum Gasteiger partial charge on any atom is -0.373 e. The van der Waals surface area contributed by atoms with Crippen LogP contribution < -0.4 is 16.0 Å². The van der Waals surface area contributed by atoms with Gasteiger partial charge < -0.3 is 20.7 Å². The number of benzene rings is 1. The number of amides is 1. The fourth-order valence-electron chi connectivity index (χ4n) is 3.70. The lowest BCUT2D eigenvalue weighted by Crippen LogP contribution is -2.47. The number of guanidine groups is 1. The van der Waals surface area contributed by atoms with Gasteiger partial charge in [0.05, 0.1) is 24.8 Å². The third-order valence-electron chi connectivity index (χ3n) is 5.22. The molecule has 1 aromatic rings. The van der Waals surface area contributed by atoms with E-state index in [-0.39, 0.29) is 5.91 Å². The van der Waals surface area contributed by atoms with Gasteiger partial charge in [0.2, 0.25) is 0 Å². The number of rotatable bonds is 8. The number of aliphatic imine (C=N–C) groups is 1. The fraction of sp³-hybridized carbons (Fsp3) is 0.619. The van der Waals surface area contributed by atoms with Crippen LogP contribution in [0.2, 0.25) is 0 Å². The Hall–Kier alpha value is -2.08. The van der Waals surface area contributed by atoms with E-state index in [1.807, 2.05) is 24.3 Å². The number of carbonyl (C=O) groups is 1. The van der Waals surface area contributed by atoms with Crippen LogP contribution in [0.25, 0.3) is 0 Å². The number of carbonyl (C=O) groups excluding carboxylic acids is 1. The first kappa shape index (κ1) is 19.7. The van der Waals surface area contributed by atoms with Gasteiger partial charge in [0.1, 0.15) is 0 Å². The molecule has 2 heterocycles. The van der Waals surface area contributed by atoms with Gasteiger partial charge in [-0.05, 0) is 50.3 Å². The average molecular weight is 373 g/mol. The lowest BCUT2D eigenvalue weighted by atomic mass is 9.96. The van der Waals surface area contributed by atoms with E-state index in [0.717, 1.165) is 50.3 Å². The highest BCUT2D eigenvalue weighted by Gasteiger charge is 2.41. The van der Waals surface area contributed by atoms with Crippen LogP contribution in [-0.4, -0.2) is 43.2 Å². The highest BCUT2D eigenvalue weighted by atomic mass is 16.5. The number of ether oxygens (including phenoxy) is 1. The molecule has 0 saturated carbocycles. The standard InChI is InChI=1S/C21H32N4O2/c1-3-5-12-23-20(26)16-8-6-15(7-9-16)14-24-21(22-4-2)25-18-13-17-10-11-19(18)27-17/h6-9,17-19H,3-5,10-14H2,1-2H3,(H,23,26)(H2,22,24,25). The fourth-order valence-corrected chi connectivity index (χ4v) is 3.70. The van der Waals surface area contributed by atoms with Crippen LogP contribution in [0.3, 0.4) is 0 Å². The molecule has 6 heteroatoms. The summed E-state index contributed by atoms with van der Waals surface area (Å²) in [6, 6.07) is 8.05. The van der Waals surface area contributed by atoms with E-state index in [9.17, 15) is 4.79 Å². The van der Waals surface area contributed by atoms with Gasteiger partial charge in [0.15, 0.2) is 5.96 Å². The second kappa shape index (κ2) is 9.74. The monoisotopic (exact) mass is 372 g/mol. The van der Waals surface area contributed by atoms with E-state index in [2.05, 4.69) is 29.8 Å². The zero-order chi connectivity index (χ0) is 19.1. The minimum atomic E-state index is -0.00945. The average Bonchev–Trinajstić information content (AvgIpc) is 3.30. The van der Waals surface area contributed by atoms with Crippen molar-refractivity contribution in [3.63, 3.8) is 0 Å². The number of hydrogen-bond acceptors (Lipinski definition) is 3. The molecule has 2 bridgehead atoms. The van der Waals surface area contributed by atoms with Crippen molar-refractivity contribution in [3.8, 4) is 0 Å². The molecule has 0 spiro atoms. The van der Waals surface area contributed by atoms with E-state index in [4.69, 9.17) is 9.73 Å². The van der Waals surface area contributed by atoms with Gasteiger partial charge in [0.25, 0.3) is 5.91 Å². The summed E-state index contributed by atoms with van der Waals surface area (Å²) in [6.45, 7) is 6.31. The minimum absolute atomic E-state index is 0.00945. The summed E-state index contributed by atoms with van der Waals surface area (Å²) >= 11 is 0. The maximum Gasteiger partial charge on any atom is 0.251 e. The number of fused-ring (bicyclic) bond motifs is 2. The van der Waals surface area contributed by atoms with E-state index in [1.54, 1.807) is 0 Å². The normalized spacial score (nSPS) is 24.1. The van der Waals surface area contributed by atoms with Crippen LogP contribution in [0.5, 0.6) is 0 Å². The second-order valence-corrected chi connectivity index (χ2v) is 7.36. The lowest BCUT2D eigenvalue weighted by molar-refractivity contribution is 0.0953. The maximum atomic E-state index is 12.1. The lowest BCUT2D eigenvalue weighted by Gasteiger charge is -2.22. The van der Waals surface area contributed by atoms with E-state index < -0.39 is 0 Å². The molecule has 0 radical (unpaired) electrons. The molecular weight excluding hydrogens is 340 g/mol. The second-order valence-electron chi connectivity index (χ2n) is 7.36. The molecule has 148 valence electrons. The Kier molecular flexibility index (Phi) is 7.10. The summed E-state index contributed by atoms with van der Waals surface area (Å²) in [6.07, 6.45) is 6.23. The molecule has 0 aromatic heterocycles. The van der Waals surface area contributed by atoms with Crippen LogP contribution in [0, 0.1) is 0 Å². The van der Waals surface area contributed by atoms with Gasteiger partial charge in [-0.1, -0.05) is 25.5 Å². The van der Waals surface area contributed by atoms with Crippen molar-refractivity contribution in [1.29, 1.82) is 0 Å². The van der Waals surface area contributed by atoms with E-state index in [0.29, 0.717) is 30.4 Å². The van der Waals surface area contributed by atoms with E-state index >= 15 is 0 Å². The Labute approximate surface area is 162 Å². The van der Waals surface area contributed by atoms with Crippen molar-refractivity contribution < 1.29 is 9.53 Å². The zero-order valence-electron chi connectivity index (χ0n) is 16.5. The molecule has 1 aromatic carbocycles. The number of nitrogens with one attached hydrogen (secondary N) is 3. The zero-order valence-corrected chi connectivity index (χ0v) is 16.5. The number of hydrogen-bond donors (Lipinski definition) is 3. The Morgan fingerprint density at radius 3 is 2.63 bits per heavy atom. The SMILES string of the molecule is CCCCNC(=O)c1ccc(CN=C(NCC)NC2CC3CCC2O3)cc1. The molecule has 6 nitrogen and oxygen atoms in total. The predicted octanol–water partition coefficient (Wildman–Crippen LogP) is 2.59. The Morgan fingerprint density at radius 1 is 1.19 bits per heavy atom. The molecule has 3 atom stereocenters. The van der Waals surface area contributed by atoms with Crippen LogP contribution in [0.15, 0.2) is 29.3 Å².